The number of hydrogen-bond donors (Lipinski definition) is 2. The van der Waals surface area contributed by atoms with Crippen LogP contribution in [-0.2, 0) is 0 Å². The summed E-state index contributed by atoms with van der Waals surface area (Å²) in [6.45, 7) is 0. The standard InChI is InChI=1S/C24H23N3O/c25-24-23-21(14-18(15-22(23)26-27-24)16-6-4-5-7-16)17-10-12-20(13-11-17)28-19-8-2-1-3-9-19/h1-3,8-16H,4-7H2,(H3,25,26,27). The van der Waals surface area contributed by atoms with Crippen LogP contribution in [0.5, 0.6) is 11.5 Å². The van der Waals surface area contributed by atoms with Crippen LogP contribution in [0.1, 0.15) is 37.2 Å². The summed E-state index contributed by atoms with van der Waals surface area (Å²) in [5.41, 5.74) is 10.8. The largest absolute Gasteiger partial charge is 0.457 e. The van der Waals surface area contributed by atoms with Crippen LogP contribution in [0.4, 0.5) is 5.82 Å². The van der Waals surface area contributed by atoms with E-state index in [9.17, 15) is 0 Å². The maximum absolute atomic E-state index is 6.18. The third kappa shape index (κ3) is 3.11. The lowest BCUT2D eigenvalue weighted by Crippen LogP contribution is -1.95. The Kier molecular flexibility index (Phi) is 4.24. The van der Waals surface area contributed by atoms with Crippen LogP contribution in [-0.4, -0.2) is 10.2 Å². The van der Waals surface area contributed by atoms with E-state index in [4.69, 9.17) is 10.5 Å². The first-order valence-electron chi connectivity index (χ1n) is 9.89. The number of nitrogen functional groups attached to an aromatic ring is 1. The molecule has 0 unspecified atom stereocenters. The molecule has 0 amide bonds. The van der Waals surface area contributed by atoms with Crippen LogP contribution in [0.15, 0.2) is 66.7 Å². The van der Waals surface area contributed by atoms with Gasteiger partial charge in [0.05, 0.1) is 10.9 Å². The molecule has 1 aromatic heterocycles. The molecular formula is C24H23N3O. The lowest BCUT2D eigenvalue weighted by atomic mass is 9.91. The highest BCUT2D eigenvalue weighted by molar-refractivity contribution is 6.02. The lowest BCUT2D eigenvalue weighted by molar-refractivity contribution is 0.483. The van der Waals surface area contributed by atoms with E-state index < -0.39 is 0 Å². The molecule has 1 heterocycles. The van der Waals surface area contributed by atoms with Gasteiger partial charge in [0, 0.05) is 0 Å². The van der Waals surface area contributed by atoms with Gasteiger partial charge in [-0.3, -0.25) is 5.10 Å². The number of nitrogens with one attached hydrogen (secondary N) is 1. The van der Waals surface area contributed by atoms with E-state index >= 15 is 0 Å². The summed E-state index contributed by atoms with van der Waals surface area (Å²) in [4.78, 5) is 0. The number of fused-ring (bicyclic) bond motifs is 1. The molecule has 3 aromatic carbocycles. The van der Waals surface area contributed by atoms with Crippen molar-refractivity contribution in [1.82, 2.24) is 10.2 Å². The summed E-state index contributed by atoms with van der Waals surface area (Å²) in [5, 5.41) is 8.36. The predicted octanol–water partition coefficient (Wildman–Crippen LogP) is 6.26. The molecule has 0 radical (unpaired) electrons. The summed E-state index contributed by atoms with van der Waals surface area (Å²) < 4.78 is 5.93. The Balaban J connectivity index is 1.53. The van der Waals surface area contributed by atoms with Crippen molar-refractivity contribution in [3.8, 4) is 22.6 Å². The van der Waals surface area contributed by atoms with Gasteiger partial charge < -0.3 is 10.5 Å². The van der Waals surface area contributed by atoms with Crippen LogP contribution in [0.2, 0.25) is 0 Å². The topological polar surface area (TPSA) is 63.9 Å². The van der Waals surface area contributed by atoms with Crippen molar-refractivity contribution in [1.29, 1.82) is 0 Å². The van der Waals surface area contributed by atoms with Crippen LogP contribution < -0.4 is 10.5 Å². The van der Waals surface area contributed by atoms with E-state index in [1.165, 1.54) is 31.2 Å². The first kappa shape index (κ1) is 16.9. The number of nitrogens with zero attached hydrogens (tertiary/aromatic N) is 1. The Morgan fingerprint density at radius 1 is 0.893 bits per heavy atom. The first-order chi connectivity index (χ1) is 13.8. The lowest BCUT2D eigenvalue weighted by Gasteiger charge is -2.14. The van der Waals surface area contributed by atoms with Gasteiger partial charge in [-0.05, 0) is 71.8 Å². The molecule has 5 rings (SSSR count). The third-order valence-electron chi connectivity index (χ3n) is 5.68. The highest BCUT2D eigenvalue weighted by atomic mass is 16.5. The molecule has 0 atom stereocenters. The van der Waals surface area contributed by atoms with Crippen LogP contribution >= 0.6 is 0 Å². The summed E-state index contributed by atoms with van der Waals surface area (Å²) in [5.74, 6) is 2.83. The molecule has 140 valence electrons. The van der Waals surface area contributed by atoms with Crippen molar-refractivity contribution in [2.75, 3.05) is 5.73 Å². The summed E-state index contributed by atoms with van der Waals surface area (Å²) in [7, 11) is 0. The van der Waals surface area contributed by atoms with Crippen molar-refractivity contribution in [3.63, 3.8) is 0 Å². The Hall–Kier alpha value is -3.27. The fourth-order valence-corrected chi connectivity index (χ4v) is 4.25. The molecule has 1 aliphatic rings. The number of rotatable bonds is 4. The van der Waals surface area contributed by atoms with Gasteiger partial charge in [-0.25, -0.2) is 0 Å². The van der Waals surface area contributed by atoms with Crippen molar-refractivity contribution in [2.24, 2.45) is 0 Å². The van der Waals surface area contributed by atoms with Crippen molar-refractivity contribution in [2.45, 2.75) is 31.6 Å². The second-order valence-corrected chi connectivity index (χ2v) is 7.52. The van der Waals surface area contributed by atoms with Gasteiger partial charge in [0.15, 0.2) is 5.82 Å². The van der Waals surface area contributed by atoms with Gasteiger partial charge in [-0.2, -0.15) is 5.10 Å². The van der Waals surface area contributed by atoms with Crippen molar-refractivity contribution < 1.29 is 4.74 Å². The van der Waals surface area contributed by atoms with E-state index in [1.54, 1.807) is 0 Å². The number of H-pyrrole nitrogens is 1. The van der Waals surface area contributed by atoms with E-state index in [0.717, 1.165) is 33.5 Å². The average Bonchev–Trinajstić information content (AvgIpc) is 3.39. The SMILES string of the molecule is Nc1n[nH]c2cc(C3CCCC3)cc(-c3ccc(Oc4ccccc4)cc3)c12. The Morgan fingerprint density at radius 2 is 1.61 bits per heavy atom. The highest BCUT2D eigenvalue weighted by Crippen LogP contribution is 2.40. The molecule has 1 aliphatic carbocycles. The zero-order valence-electron chi connectivity index (χ0n) is 15.7. The molecule has 0 saturated heterocycles. The van der Waals surface area contributed by atoms with Gasteiger partial charge >= 0.3 is 0 Å². The molecule has 4 nitrogen and oxygen atoms in total. The fraction of sp³-hybridized carbons (Fsp3) is 0.208. The van der Waals surface area contributed by atoms with E-state index in [1.807, 2.05) is 42.5 Å². The quantitative estimate of drug-likeness (QED) is 0.446. The van der Waals surface area contributed by atoms with Crippen LogP contribution in [0, 0.1) is 0 Å². The van der Waals surface area contributed by atoms with Gasteiger partial charge in [0.25, 0.3) is 0 Å². The van der Waals surface area contributed by atoms with Crippen LogP contribution in [0.3, 0.4) is 0 Å². The molecule has 4 aromatic rings. The van der Waals surface area contributed by atoms with Gasteiger partial charge in [0.1, 0.15) is 11.5 Å². The smallest absolute Gasteiger partial charge is 0.153 e. The minimum atomic E-state index is 0.549. The number of hydrogen-bond acceptors (Lipinski definition) is 3. The second-order valence-electron chi connectivity index (χ2n) is 7.52. The number of nitrogens with two attached hydrogens (primary N) is 1. The molecule has 0 aliphatic heterocycles. The molecule has 0 bridgehead atoms. The minimum Gasteiger partial charge on any atom is -0.457 e. The first-order valence-corrected chi connectivity index (χ1v) is 9.89. The number of anilines is 1. The Labute approximate surface area is 164 Å². The molecule has 0 spiro atoms. The molecule has 1 fully saturated rings. The molecule has 4 heteroatoms. The highest BCUT2D eigenvalue weighted by Gasteiger charge is 2.20. The molecule has 3 N–H and O–H groups in total. The molecule has 28 heavy (non-hydrogen) atoms. The van der Waals surface area contributed by atoms with Crippen LogP contribution in [0.25, 0.3) is 22.0 Å². The number of benzene rings is 3. The molecule has 1 saturated carbocycles. The van der Waals surface area contributed by atoms with Gasteiger partial charge in [-0.15, -0.1) is 0 Å². The summed E-state index contributed by atoms with van der Waals surface area (Å²) >= 11 is 0. The Morgan fingerprint density at radius 3 is 2.36 bits per heavy atom. The maximum Gasteiger partial charge on any atom is 0.153 e. The monoisotopic (exact) mass is 369 g/mol. The average molecular weight is 369 g/mol. The van der Waals surface area contributed by atoms with E-state index in [-0.39, 0.29) is 0 Å². The number of aromatic amines is 1. The number of para-hydroxylation sites is 1. The summed E-state index contributed by atoms with van der Waals surface area (Å²) in [6.07, 6.45) is 5.15. The van der Waals surface area contributed by atoms with Gasteiger partial charge in [-0.1, -0.05) is 43.2 Å². The Bertz CT molecular complexity index is 1090. The van der Waals surface area contributed by atoms with E-state index in [2.05, 4.69) is 34.5 Å². The zero-order chi connectivity index (χ0) is 18.9. The maximum atomic E-state index is 6.18. The normalized spacial score (nSPS) is 14.6. The van der Waals surface area contributed by atoms with Crippen molar-refractivity contribution >= 4 is 16.7 Å². The number of aromatic nitrogens is 2. The molecular weight excluding hydrogens is 346 g/mol. The minimum absolute atomic E-state index is 0.549. The van der Waals surface area contributed by atoms with Crippen molar-refractivity contribution in [3.05, 3.63) is 72.3 Å². The fourth-order valence-electron chi connectivity index (χ4n) is 4.25. The second kappa shape index (κ2) is 7.04. The number of ether oxygens (including phenoxy) is 1. The van der Waals surface area contributed by atoms with E-state index in [0.29, 0.717) is 11.7 Å². The summed E-state index contributed by atoms with van der Waals surface area (Å²) in [6, 6.07) is 22.6. The van der Waals surface area contributed by atoms with Gasteiger partial charge in [0.2, 0.25) is 0 Å². The predicted molar refractivity (Wildman–Crippen MR) is 114 cm³/mol. The third-order valence-corrected chi connectivity index (χ3v) is 5.68. The zero-order valence-corrected chi connectivity index (χ0v) is 15.7.